The van der Waals surface area contributed by atoms with Gasteiger partial charge in [-0.15, -0.1) is 10.1 Å². The summed E-state index contributed by atoms with van der Waals surface area (Å²) in [6, 6.07) is 0. The molecule has 6 heteroatoms. The van der Waals surface area contributed by atoms with Crippen LogP contribution in [0.2, 0.25) is 0 Å². The number of carbonyl (C=O) groups is 1. The van der Waals surface area contributed by atoms with E-state index in [1.807, 2.05) is 0 Å². The molecule has 0 saturated heterocycles. The van der Waals surface area contributed by atoms with Gasteiger partial charge in [-0.25, -0.2) is 0 Å². The van der Waals surface area contributed by atoms with Gasteiger partial charge in [0.25, 0.3) is 5.09 Å². The van der Waals surface area contributed by atoms with Crippen molar-refractivity contribution in [2.45, 2.75) is 38.7 Å². The number of carboxylic acids is 1. The Balaban J connectivity index is 2.45. The Kier molecular flexibility index (Phi) is 2.93. The summed E-state index contributed by atoms with van der Waals surface area (Å²) in [4.78, 5) is 25.3. The van der Waals surface area contributed by atoms with Gasteiger partial charge in [-0.05, 0) is 32.6 Å². The van der Waals surface area contributed by atoms with E-state index in [1.54, 1.807) is 6.92 Å². The quantitative estimate of drug-likeness (QED) is 0.550. The van der Waals surface area contributed by atoms with Gasteiger partial charge in [0, 0.05) is 0 Å². The summed E-state index contributed by atoms with van der Waals surface area (Å²) < 4.78 is 0. The van der Waals surface area contributed by atoms with E-state index in [0.29, 0.717) is 25.7 Å². The number of carboxylic acid groups (broad SMARTS) is 1. The van der Waals surface area contributed by atoms with Crippen LogP contribution in [0.3, 0.4) is 0 Å². The molecule has 1 N–H and O–H groups in total. The van der Waals surface area contributed by atoms with Crippen LogP contribution in [0.15, 0.2) is 0 Å². The molecular formula is C8H13NO5. The Hall–Kier alpha value is -1.33. The van der Waals surface area contributed by atoms with Gasteiger partial charge in [-0.2, -0.15) is 0 Å². The molecule has 0 bridgehead atoms. The summed E-state index contributed by atoms with van der Waals surface area (Å²) in [6.07, 6.45) is 1.30. The zero-order valence-corrected chi connectivity index (χ0v) is 7.93. The highest BCUT2D eigenvalue weighted by Crippen LogP contribution is 2.37. The van der Waals surface area contributed by atoms with Crippen molar-refractivity contribution in [3.63, 3.8) is 0 Å². The van der Waals surface area contributed by atoms with Crippen molar-refractivity contribution in [2.24, 2.45) is 5.41 Å². The minimum absolute atomic E-state index is 0.431. The maximum Gasteiger partial charge on any atom is 0.309 e. The predicted molar refractivity (Wildman–Crippen MR) is 46.1 cm³/mol. The molecule has 1 fully saturated rings. The summed E-state index contributed by atoms with van der Waals surface area (Å²) >= 11 is 0. The molecule has 0 spiro atoms. The average molecular weight is 203 g/mol. The highest BCUT2D eigenvalue weighted by molar-refractivity contribution is 5.74. The summed E-state index contributed by atoms with van der Waals surface area (Å²) in [7, 11) is 0. The molecule has 14 heavy (non-hydrogen) atoms. The lowest BCUT2D eigenvalue weighted by molar-refractivity contribution is -0.769. The molecule has 0 atom stereocenters. The van der Waals surface area contributed by atoms with Gasteiger partial charge >= 0.3 is 5.97 Å². The summed E-state index contributed by atoms with van der Waals surface area (Å²) in [6.45, 7) is 1.66. The molecular weight excluding hydrogens is 190 g/mol. The molecule has 80 valence electrons. The molecule has 1 aliphatic rings. The lowest BCUT2D eigenvalue weighted by atomic mass is 9.75. The van der Waals surface area contributed by atoms with Crippen molar-refractivity contribution in [1.82, 2.24) is 0 Å². The lowest BCUT2D eigenvalue weighted by Crippen LogP contribution is -2.35. The van der Waals surface area contributed by atoms with Crippen LogP contribution in [0.5, 0.6) is 0 Å². The second kappa shape index (κ2) is 3.81. The highest BCUT2D eigenvalue weighted by atomic mass is 17.0. The topological polar surface area (TPSA) is 89.7 Å². The first kappa shape index (κ1) is 10.7. The Bertz CT molecular complexity index is 244. The van der Waals surface area contributed by atoms with Gasteiger partial charge < -0.3 is 9.94 Å². The molecule has 0 aromatic carbocycles. The maximum atomic E-state index is 10.8. The zero-order valence-electron chi connectivity index (χ0n) is 7.93. The fraction of sp³-hybridized carbons (Fsp3) is 0.875. The minimum atomic E-state index is -0.836. The van der Waals surface area contributed by atoms with E-state index in [2.05, 4.69) is 4.84 Å². The van der Waals surface area contributed by atoms with Crippen molar-refractivity contribution in [3.05, 3.63) is 10.1 Å². The predicted octanol–water partition coefficient (Wildman–Crippen LogP) is 1.23. The lowest BCUT2D eigenvalue weighted by Gasteiger charge is -2.32. The highest BCUT2D eigenvalue weighted by Gasteiger charge is 2.38. The third kappa shape index (κ3) is 2.34. The van der Waals surface area contributed by atoms with E-state index in [-0.39, 0.29) is 0 Å². The van der Waals surface area contributed by atoms with Gasteiger partial charge in [0.1, 0.15) is 6.10 Å². The Morgan fingerprint density at radius 1 is 1.57 bits per heavy atom. The molecule has 0 aliphatic heterocycles. The Morgan fingerprint density at radius 3 is 2.43 bits per heavy atom. The molecule has 1 aliphatic carbocycles. The van der Waals surface area contributed by atoms with Crippen LogP contribution in [0, 0.1) is 15.5 Å². The van der Waals surface area contributed by atoms with Gasteiger partial charge in [-0.3, -0.25) is 4.79 Å². The molecule has 0 heterocycles. The van der Waals surface area contributed by atoms with Gasteiger partial charge in [0.15, 0.2) is 0 Å². The smallest absolute Gasteiger partial charge is 0.309 e. The summed E-state index contributed by atoms with van der Waals surface area (Å²) in [5.74, 6) is -0.836. The summed E-state index contributed by atoms with van der Waals surface area (Å²) in [5.41, 5.74) is -0.740. The van der Waals surface area contributed by atoms with Crippen LogP contribution in [0.1, 0.15) is 32.6 Å². The van der Waals surface area contributed by atoms with E-state index in [0.717, 1.165) is 0 Å². The third-order valence-electron chi connectivity index (χ3n) is 2.79. The van der Waals surface area contributed by atoms with Crippen LogP contribution < -0.4 is 0 Å². The van der Waals surface area contributed by atoms with E-state index >= 15 is 0 Å². The van der Waals surface area contributed by atoms with Gasteiger partial charge in [-0.1, -0.05) is 0 Å². The van der Waals surface area contributed by atoms with Gasteiger partial charge in [0.05, 0.1) is 5.41 Å². The number of hydrogen-bond donors (Lipinski definition) is 1. The number of rotatable bonds is 3. The molecule has 6 nitrogen and oxygen atoms in total. The number of aliphatic carboxylic acids is 1. The van der Waals surface area contributed by atoms with Crippen LogP contribution >= 0.6 is 0 Å². The fourth-order valence-electron chi connectivity index (χ4n) is 1.67. The molecule has 0 aromatic rings. The van der Waals surface area contributed by atoms with Crippen molar-refractivity contribution >= 4 is 5.97 Å². The average Bonchev–Trinajstić information content (AvgIpc) is 2.08. The minimum Gasteiger partial charge on any atom is -0.481 e. The van der Waals surface area contributed by atoms with Crippen LogP contribution in [-0.4, -0.2) is 22.3 Å². The van der Waals surface area contributed by atoms with E-state index in [1.165, 1.54) is 0 Å². The van der Waals surface area contributed by atoms with E-state index in [4.69, 9.17) is 5.11 Å². The zero-order chi connectivity index (χ0) is 10.8. The molecule has 0 unspecified atom stereocenters. The summed E-state index contributed by atoms with van der Waals surface area (Å²) in [5, 5.41) is 18.1. The van der Waals surface area contributed by atoms with Crippen molar-refractivity contribution in [2.75, 3.05) is 0 Å². The molecule has 0 amide bonds. The molecule has 0 radical (unpaired) electrons. The number of nitrogens with zero attached hydrogens (tertiary/aromatic N) is 1. The molecule has 0 aromatic heterocycles. The first-order valence-corrected chi connectivity index (χ1v) is 4.48. The number of hydrogen-bond acceptors (Lipinski definition) is 4. The van der Waals surface area contributed by atoms with Gasteiger partial charge in [0.2, 0.25) is 0 Å². The van der Waals surface area contributed by atoms with E-state index < -0.39 is 22.6 Å². The molecule has 1 saturated carbocycles. The Morgan fingerprint density at radius 2 is 2.07 bits per heavy atom. The van der Waals surface area contributed by atoms with Crippen LogP contribution in [0.25, 0.3) is 0 Å². The van der Waals surface area contributed by atoms with Crippen molar-refractivity contribution in [1.29, 1.82) is 0 Å². The van der Waals surface area contributed by atoms with Crippen LogP contribution in [0.4, 0.5) is 0 Å². The normalized spacial score (nSPS) is 32.2. The first-order chi connectivity index (χ1) is 6.44. The van der Waals surface area contributed by atoms with Crippen LogP contribution in [-0.2, 0) is 9.63 Å². The second-order valence-electron chi connectivity index (χ2n) is 3.89. The van der Waals surface area contributed by atoms with Crippen molar-refractivity contribution < 1.29 is 19.8 Å². The SMILES string of the molecule is CC1(C(=O)O)CCC(O[N+](=O)[O-])CC1. The third-order valence-corrected chi connectivity index (χ3v) is 2.79. The largest absolute Gasteiger partial charge is 0.481 e. The second-order valence-corrected chi connectivity index (χ2v) is 3.89. The molecule has 1 rings (SSSR count). The fourth-order valence-corrected chi connectivity index (χ4v) is 1.67. The monoisotopic (exact) mass is 203 g/mol. The van der Waals surface area contributed by atoms with Crippen molar-refractivity contribution in [3.8, 4) is 0 Å². The maximum absolute atomic E-state index is 10.8. The standard InChI is InChI=1S/C8H13NO5/c1-8(7(10)11)4-2-6(3-5-8)14-9(12)13/h6H,2-5H2,1H3,(H,10,11). The van der Waals surface area contributed by atoms with E-state index in [9.17, 15) is 14.9 Å². The first-order valence-electron chi connectivity index (χ1n) is 4.48. The Labute approximate surface area is 81.0 Å².